The van der Waals surface area contributed by atoms with Gasteiger partial charge in [0.15, 0.2) is 5.78 Å². The number of ketones is 1. The number of anilines is 1. The van der Waals surface area contributed by atoms with Crippen LogP contribution in [0.25, 0.3) is 6.08 Å². The second kappa shape index (κ2) is 7.41. The van der Waals surface area contributed by atoms with Crippen LogP contribution in [0.15, 0.2) is 48.8 Å². The van der Waals surface area contributed by atoms with Gasteiger partial charge in [-0.1, -0.05) is 0 Å². The molecule has 0 aliphatic rings. The van der Waals surface area contributed by atoms with Crippen molar-refractivity contribution in [1.82, 2.24) is 4.98 Å². The molecule has 0 saturated carbocycles. The van der Waals surface area contributed by atoms with E-state index in [1.54, 1.807) is 30.5 Å². The summed E-state index contributed by atoms with van der Waals surface area (Å²) in [6.07, 6.45) is 6.22. The SMILES string of the molecule is CCN(CC)c1ccc(C=CC(=O)c2cccnc2)c(O)c1. The average Bonchev–Trinajstić information content (AvgIpc) is 2.55. The van der Waals surface area contributed by atoms with E-state index in [2.05, 4.69) is 23.7 Å². The number of phenolic OH excluding ortho intramolecular Hbond substituents is 1. The van der Waals surface area contributed by atoms with E-state index in [0.717, 1.165) is 18.8 Å². The van der Waals surface area contributed by atoms with Crippen LogP contribution in [0.4, 0.5) is 5.69 Å². The first kappa shape index (κ1) is 15.8. The third-order valence-electron chi connectivity index (χ3n) is 3.50. The highest BCUT2D eigenvalue weighted by molar-refractivity contribution is 6.06. The Hall–Kier alpha value is -2.62. The highest BCUT2D eigenvalue weighted by Gasteiger charge is 2.06. The lowest BCUT2D eigenvalue weighted by atomic mass is 10.1. The highest BCUT2D eigenvalue weighted by atomic mass is 16.3. The predicted octanol–water partition coefficient (Wildman–Crippen LogP) is 3.53. The smallest absolute Gasteiger partial charge is 0.187 e. The van der Waals surface area contributed by atoms with Crippen molar-refractivity contribution in [3.8, 4) is 5.75 Å². The van der Waals surface area contributed by atoms with E-state index in [-0.39, 0.29) is 11.5 Å². The molecule has 0 fully saturated rings. The van der Waals surface area contributed by atoms with E-state index >= 15 is 0 Å². The Morgan fingerprint density at radius 2 is 2.05 bits per heavy atom. The summed E-state index contributed by atoms with van der Waals surface area (Å²) in [6, 6.07) is 8.92. The Balaban J connectivity index is 2.16. The first-order valence-electron chi connectivity index (χ1n) is 7.36. The lowest BCUT2D eigenvalue weighted by molar-refractivity contribution is 0.104. The highest BCUT2D eigenvalue weighted by Crippen LogP contribution is 2.25. The average molecular weight is 296 g/mol. The predicted molar refractivity (Wildman–Crippen MR) is 89.3 cm³/mol. The number of phenols is 1. The van der Waals surface area contributed by atoms with E-state index in [1.165, 1.54) is 12.3 Å². The minimum absolute atomic E-state index is 0.139. The van der Waals surface area contributed by atoms with Crippen LogP contribution in [0.5, 0.6) is 5.75 Å². The molecule has 0 aliphatic carbocycles. The molecular weight excluding hydrogens is 276 g/mol. The third kappa shape index (κ3) is 3.73. The van der Waals surface area contributed by atoms with Crippen molar-refractivity contribution in [2.24, 2.45) is 0 Å². The molecule has 4 nitrogen and oxygen atoms in total. The fraction of sp³-hybridized carbons (Fsp3) is 0.222. The van der Waals surface area contributed by atoms with Gasteiger partial charge in [0, 0.05) is 48.4 Å². The van der Waals surface area contributed by atoms with Crippen molar-refractivity contribution >= 4 is 17.5 Å². The summed E-state index contributed by atoms with van der Waals surface area (Å²) in [5, 5.41) is 10.1. The lowest BCUT2D eigenvalue weighted by Crippen LogP contribution is -2.21. The molecule has 114 valence electrons. The molecule has 0 radical (unpaired) electrons. The Morgan fingerprint density at radius 1 is 1.27 bits per heavy atom. The topological polar surface area (TPSA) is 53.4 Å². The Kier molecular flexibility index (Phi) is 5.31. The summed E-state index contributed by atoms with van der Waals surface area (Å²) in [4.78, 5) is 18.0. The fourth-order valence-corrected chi connectivity index (χ4v) is 2.23. The van der Waals surface area contributed by atoms with Crippen molar-refractivity contribution in [1.29, 1.82) is 0 Å². The number of carbonyl (C=O) groups is 1. The van der Waals surface area contributed by atoms with E-state index in [1.807, 2.05) is 12.1 Å². The molecule has 0 atom stereocenters. The number of allylic oxidation sites excluding steroid dienone is 1. The molecule has 1 N–H and O–H groups in total. The first-order chi connectivity index (χ1) is 10.7. The normalized spacial score (nSPS) is 10.8. The molecule has 1 aromatic carbocycles. The van der Waals surface area contributed by atoms with Crippen LogP contribution in [-0.2, 0) is 0 Å². The molecule has 0 saturated heterocycles. The van der Waals surface area contributed by atoms with E-state index in [0.29, 0.717) is 11.1 Å². The molecule has 0 unspecified atom stereocenters. The molecule has 0 amide bonds. The van der Waals surface area contributed by atoms with Crippen LogP contribution >= 0.6 is 0 Å². The molecule has 2 aromatic rings. The van der Waals surface area contributed by atoms with Crippen LogP contribution in [-0.4, -0.2) is 29.0 Å². The van der Waals surface area contributed by atoms with Gasteiger partial charge in [-0.15, -0.1) is 0 Å². The number of aromatic hydroxyl groups is 1. The maximum absolute atomic E-state index is 12.0. The molecule has 0 aliphatic heterocycles. The number of pyridine rings is 1. The molecule has 4 heteroatoms. The second-order valence-electron chi connectivity index (χ2n) is 4.85. The summed E-state index contributed by atoms with van der Waals surface area (Å²) in [5.41, 5.74) is 2.12. The quantitative estimate of drug-likeness (QED) is 0.654. The van der Waals surface area contributed by atoms with Crippen molar-refractivity contribution in [3.05, 3.63) is 59.9 Å². The van der Waals surface area contributed by atoms with E-state index in [4.69, 9.17) is 0 Å². The maximum atomic E-state index is 12.0. The van der Waals surface area contributed by atoms with Gasteiger partial charge in [-0.25, -0.2) is 0 Å². The lowest BCUT2D eigenvalue weighted by Gasteiger charge is -2.21. The zero-order chi connectivity index (χ0) is 15.9. The molecule has 0 spiro atoms. The number of aromatic nitrogens is 1. The van der Waals surface area contributed by atoms with E-state index in [9.17, 15) is 9.90 Å². The van der Waals surface area contributed by atoms with Gasteiger partial charge >= 0.3 is 0 Å². The van der Waals surface area contributed by atoms with Crippen LogP contribution in [0.2, 0.25) is 0 Å². The summed E-state index contributed by atoms with van der Waals surface area (Å²) >= 11 is 0. The number of carbonyl (C=O) groups excluding carboxylic acids is 1. The molecule has 22 heavy (non-hydrogen) atoms. The maximum Gasteiger partial charge on any atom is 0.187 e. The standard InChI is InChI=1S/C18H20N2O2/c1-3-20(4-2)16-9-7-14(18(22)12-16)8-10-17(21)15-6-5-11-19-13-15/h5-13,22H,3-4H2,1-2H3. The van der Waals surface area contributed by atoms with Gasteiger partial charge in [-0.2, -0.15) is 0 Å². The van der Waals surface area contributed by atoms with Gasteiger partial charge < -0.3 is 10.0 Å². The Labute approximate surface area is 130 Å². The minimum Gasteiger partial charge on any atom is -0.507 e. The van der Waals surface area contributed by atoms with Crippen LogP contribution in [0.3, 0.4) is 0 Å². The monoisotopic (exact) mass is 296 g/mol. The van der Waals surface area contributed by atoms with Crippen molar-refractivity contribution in [2.45, 2.75) is 13.8 Å². The van der Waals surface area contributed by atoms with Crippen molar-refractivity contribution < 1.29 is 9.90 Å². The molecular formula is C18H20N2O2. The second-order valence-corrected chi connectivity index (χ2v) is 4.85. The van der Waals surface area contributed by atoms with Gasteiger partial charge in [0.05, 0.1) is 0 Å². The molecule has 0 bridgehead atoms. The Bertz CT molecular complexity index is 662. The zero-order valence-electron chi connectivity index (χ0n) is 12.9. The zero-order valence-corrected chi connectivity index (χ0v) is 12.9. The molecule has 1 heterocycles. The third-order valence-corrected chi connectivity index (χ3v) is 3.50. The minimum atomic E-state index is -0.139. The van der Waals surface area contributed by atoms with Crippen LogP contribution in [0.1, 0.15) is 29.8 Å². The largest absolute Gasteiger partial charge is 0.507 e. The van der Waals surface area contributed by atoms with Crippen molar-refractivity contribution in [2.75, 3.05) is 18.0 Å². The van der Waals surface area contributed by atoms with E-state index < -0.39 is 0 Å². The molecule has 1 aromatic heterocycles. The number of hydrogen-bond donors (Lipinski definition) is 1. The summed E-state index contributed by atoms with van der Waals surface area (Å²) in [5.74, 6) is 0.0277. The van der Waals surface area contributed by atoms with Gasteiger partial charge in [-0.3, -0.25) is 9.78 Å². The van der Waals surface area contributed by atoms with Crippen LogP contribution < -0.4 is 4.90 Å². The summed E-state index contributed by atoms with van der Waals surface area (Å²) in [6.45, 7) is 5.90. The number of benzene rings is 1. The number of rotatable bonds is 6. The first-order valence-corrected chi connectivity index (χ1v) is 7.36. The summed E-state index contributed by atoms with van der Waals surface area (Å²) < 4.78 is 0. The Morgan fingerprint density at radius 3 is 2.64 bits per heavy atom. The summed E-state index contributed by atoms with van der Waals surface area (Å²) in [7, 11) is 0. The van der Waals surface area contributed by atoms with Gasteiger partial charge in [0.1, 0.15) is 5.75 Å². The van der Waals surface area contributed by atoms with Crippen molar-refractivity contribution in [3.63, 3.8) is 0 Å². The van der Waals surface area contributed by atoms with Crippen LogP contribution in [0, 0.1) is 0 Å². The molecule has 2 rings (SSSR count). The number of nitrogens with zero attached hydrogens (tertiary/aromatic N) is 2. The van der Waals surface area contributed by atoms with Gasteiger partial charge in [0.25, 0.3) is 0 Å². The fourth-order valence-electron chi connectivity index (χ4n) is 2.23. The van der Waals surface area contributed by atoms with Gasteiger partial charge in [-0.05, 0) is 50.3 Å². The number of hydrogen-bond acceptors (Lipinski definition) is 4. The van der Waals surface area contributed by atoms with Gasteiger partial charge in [0.2, 0.25) is 0 Å².